The van der Waals surface area contributed by atoms with Gasteiger partial charge in [0.25, 0.3) is 0 Å². The average molecular weight is 334 g/mol. The van der Waals surface area contributed by atoms with E-state index >= 15 is 0 Å². The lowest BCUT2D eigenvalue weighted by atomic mass is 9.93. The summed E-state index contributed by atoms with van der Waals surface area (Å²) in [7, 11) is 0. The lowest BCUT2D eigenvalue weighted by Crippen LogP contribution is -2.32. The number of rotatable bonds is 7. The average Bonchev–Trinajstić information content (AvgIpc) is 2.62. The maximum absolute atomic E-state index is 12.4. The number of hydrogen-bond acceptors (Lipinski definition) is 3. The van der Waals surface area contributed by atoms with Crippen LogP contribution in [0.3, 0.4) is 0 Å². The van der Waals surface area contributed by atoms with Gasteiger partial charge >= 0.3 is 0 Å². The first-order valence-corrected chi connectivity index (χ1v) is 8.47. The molecule has 0 saturated carbocycles. The van der Waals surface area contributed by atoms with E-state index in [1.165, 1.54) is 11.1 Å². The smallest absolute Gasteiger partial charge is 0.221 e. The van der Waals surface area contributed by atoms with Crippen LogP contribution in [0.15, 0.2) is 60.8 Å². The van der Waals surface area contributed by atoms with E-state index < -0.39 is 11.8 Å². The second-order valence-electron chi connectivity index (χ2n) is 6.45. The van der Waals surface area contributed by atoms with Gasteiger partial charge in [-0.3, -0.25) is 9.59 Å². The Balaban J connectivity index is 1.58. The predicted octanol–water partition coefficient (Wildman–Crippen LogP) is 2.78. The second kappa shape index (κ2) is 7.79. The largest absolute Gasteiger partial charge is 0.369 e. The number of carbonyl (C=O) groups excluding carboxylic acids is 2. The number of Topliss-reactive ketones (excluding diaryl/α,β-unsaturated/α-hetero) is 1. The zero-order chi connectivity index (χ0) is 17.6. The topological polar surface area (TPSA) is 63.4 Å². The van der Waals surface area contributed by atoms with E-state index in [1.807, 2.05) is 59.6 Å². The Kier molecular flexibility index (Phi) is 5.29. The minimum Gasteiger partial charge on any atom is -0.369 e. The van der Waals surface area contributed by atoms with Crippen LogP contribution >= 0.6 is 0 Å². The predicted molar refractivity (Wildman–Crippen MR) is 98.3 cm³/mol. The maximum atomic E-state index is 12.4. The van der Waals surface area contributed by atoms with Crippen molar-refractivity contribution >= 4 is 17.8 Å². The lowest BCUT2D eigenvalue weighted by molar-refractivity contribution is -0.127. The van der Waals surface area contributed by atoms with Crippen LogP contribution in [0.1, 0.15) is 23.1 Å². The summed E-state index contributed by atoms with van der Waals surface area (Å²) in [6, 6.07) is 17.8. The molecule has 4 nitrogen and oxygen atoms in total. The fourth-order valence-corrected chi connectivity index (χ4v) is 3.14. The van der Waals surface area contributed by atoms with E-state index in [2.05, 4.69) is 12.1 Å². The molecular formula is C21H22N2O2. The standard InChI is InChI=1S/C21H22N2O2/c22-21(25)19(12-16-6-2-1-3-7-16)13-20(24)15-23-11-10-17-8-4-5-9-18(17)14-23/h1-11,19H,12-15H2,(H2,22,25). The summed E-state index contributed by atoms with van der Waals surface area (Å²) in [4.78, 5) is 26.2. The Morgan fingerprint density at radius 3 is 2.52 bits per heavy atom. The third kappa shape index (κ3) is 4.57. The van der Waals surface area contributed by atoms with E-state index in [0.29, 0.717) is 19.5 Å². The van der Waals surface area contributed by atoms with Crippen LogP contribution in [0, 0.1) is 5.92 Å². The summed E-state index contributed by atoms with van der Waals surface area (Å²) in [5.74, 6) is -0.851. The minimum atomic E-state index is -0.462. The van der Waals surface area contributed by atoms with Gasteiger partial charge < -0.3 is 10.6 Å². The monoisotopic (exact) mass is 334 g/mol. The van der Waals surface area contributed by atoms with Gasteiger partial charge in [-0.1, -0.05) is 54.6 Å². The third-order valence-electron chi connectivity index (χ3n) is 4.47. The molecule has 3 rings (SSSR count). The summed E-state index contributed by atoms with van der Waals surface area (Å²) in [6.07, 6.45) is 4.63. The van der Waals surface area contributed by atoms with Gasteiger partial charge in [-0.05, 0) is 29.2 Å². The van der Waals surface area contributed by atoms with Crippen molar-refractivity contribution in [3.63, 3.8) is 0 Å². The van der Waals surface area contributed by atoms with E-state index in [9.17, 15) is 9.59 Å². The number of nitrogens with two attached hydrogens (primary N) is 1. The molecule has 0 bridgehead atoms. The molecule has 0 fully saturated rings. The summed E-state index contributed by atoms with van der Waals surface area (Å²) < 4.78 is 0. The highest BCUT2D eigenvalue weighted by Crippen LogP contribution is 2.20. The Morgan fingerprint density at radius 2 is 1.76 bits per heavy atom. The number of fused-ring (bicyclic) bond motifs is 1. The highest BCUT2D eigenvalue weighted by atomic mass is 16.1. The van der Waals surface area contributed by atoms with E-state index in [1.54, 1.807) is 0 Å². The molecule has 1 atom stereocenters. The van der Waals surface area contributed by atoms with Gasteiger partial charge in [-0.25, -0.2) is 0 Å². The number of carbonyl (C=O) groups is 2. The van der Waals surface area contributed by atoms with Crippen molar-refractivity contribution in [2.75, 3.05) is 6.54 Å². The van der Waals surface area contributed by atoms with Crippen LogP contribution in [0.4, 0.5) is 0 Å². The van der Waals surface area contributed by atoms with Gasteiger partial charge in [0.05, 0.1) is 6.54 Å². The quantitative estimate of drug-likeness (QED) is 0.847. The van der Waals surface area contributed by atoms with Crippen molar-refractivity contribution in [3.05, 3.63) is 77.5 Å². The zero-order valence-corrected chi connectivity index (χ0v) is 14.1. The number of primary amides is 1. The van der Waals surface area contributed by atoms with Crippen LogP contribution in [-0.2, 0) is 22.6 Å². The number of benzene rings is 2. The van der Waals surface area contributed by atoms with E-state index in [4.69, 9.17) is 5.73 Å². The molecule has 0 spiro atoms. The summed E-state index contributed by atoms with van der Waals surface area (Å²) >= 11 is 0. The summed E-state index contributed by atoms with van der Waals surface area (Å²) in [5, 5.41) is 0. The van der Waals surface area contributed by atoms with Crippen molar-refractivity contribution in [2.45, 2.75) is 19.4 Å². The van der Waals surface area contributed by atoms with Gasteiger partial charge in [0.15, 0.2) is 5.78 Å². The summed E-state index contributed by atoms with van der Waals surface area (Å²) in [5.41, 5.74) is 8.92. The van der Waals surface area contributed by atoms with Gasteiger partial charge in [0.1, 0.15) is 0 Å². The molecule has 0 aliphatic carbocycles. The van der Waals surface area contributed by atoms with Gasteiger partial charge in [0.2, 0.25) is 5.91 Å². The van der Waals surface area contributed by atoms with Crippen molar-refractivity contribution < 1.29 is 9.59 Å². The zero-order valence-electron chi connectivity index (χ0n) is 14.1. The molecule has 1 heterocycles. The van der Waals surface area contributed by atoms with Gasteiger partial charge in [-0.15, -0.1) is 0 Å². The number of nitrogens with zero attached hydrogens (tertiary/aromatic N) is 1. The molecule has 1 aliphatic rings. The normalized spacial score (nSPS) is 14.0. The van der Waals surface area contributed by atoms with Gasteiger partial charge in [0, 0.05) is 25.1 Å². The molecule has 2 aromatic rings. The molecule has 1 aliphatic heterocycles. The fraction of sp³-hybridized carbons (Fsp3) is 0.238. The Morgan fingerprint density at radius 1 is 1.04 bits per heavy atom. The minimum absolute atomic E-state index is 0.0313. The first-order chi connectivity index (χ1) is 12.1. The molecule has 0 aromatic heterocycles. The highest BCUT2D eigenvalue weighted by Gasteiger charge is 2.21. The van der Waals surface area contributed by atoms with Crippen molar-refractivity contribution in [2.24, 2.45) is 11.7 Å². The molecule has 25 heavy (non-hydrogen) atoms. The van der Waals surface area contributed by atoms with Crippen molar-refractivity contribution in [1.82, 2.24) is 4.90 Å². The Hall–Kier alpha value is -2.88. The third-order valence-corrected chi connectivity index (χ3v) is 4.47. The van der Waals surface area contributed by atoms with Crippen molar-refractivity contribution in [3.8, 4) is 0 Å². The molecule has 2 aromatic carbocycles. The SMILES string of the molecule is NC(=O)C(CC(=O)CN1C=Cc2ccccc2C1)Cc1ccccc1. The fourth-order valence-electron chi connectivity index (χ4n) is 3.14. The van der Waals surface area contributed by atoms with Crippen LogP contribution in [0.25, 0.3) is 6.08 Å². The number of ketones is 1. The number of hydrogen-bond donors (Lipinski definition) is 1. The lowest BCUT2D eigenvalue weighted by Gasteiger charge is -2.25. The molecule has 2 N–H and O–H groups in total. The van der Waals surface area contributed by atoms with Crippen LogP contribution in [0.2, 0.25) is 0 Å². The maximum Gasteiger partial charge on any atom is 0.221 e. The number of amides is 1. The van der Waals surface area contributed by atoms with Crippen LogP contribution < -0.4 is 5.73 Å². The Bertz CT molecular complexity index is 783. The molecule has 0 radical (unpaired) electrons. The first kappa shape index (κ1) is 17.0. The van der Waals surface area contributed by atoms with E-state index in [0.717, 1.165) is 5.56 Å². The molecule has 128 valence electrons. The summed E-state index contributed by atoms with van der Waals surface area (Å²) in [6.45, 7) is 1.00. The molecule has 0 saturated heterocycles. The first-order valence-electron chi connectivity index (χ1n) is 8.47. The van der Waals surface area contributed by atoms with Gasteiger partial charge in [-0.2, -0.15) is 0 Å². The molecular weight excluding hydrogens is 312 g/mol. The molecule has 1 amide bonds. The highest BCUT2D eigenvalue weighted by molar-refractivity contribution is 5.87. The van der Waals surface area contributed by atoms with Crippen LogP contribution in [0.5, 0.6) is 0 Å². The van der Waals surface area contributed by atoms with Crippen LogP contribution in [-0.4, -0.2) is 23.1 Å². The van der Waals surface area contributed by atoms with Crippen molar-refractivity contribution in [1.29, 1.82) is 0 Å². The second-order valence-corrected chi connectivity index (χ2v) is 6.45. The molecule has 4 heteroatoms. The molecule has 1 unspecified atom stereocenters. The Labute approximate surface area is 148 Å². The van der Waals surface area contributed by atoms with E-state index in [-0.39, 0.29) is 12.2 Å².